The van der Waals surface area contributed by atoms with Crippen molar-refractivity contribution >= 4 is 27.8 Å². The Morgan fingerprint density at radius 3 is 2.75 bits per heavy atom. The SMILES string of the molecule is Cn1ncc2cc(F)c(-c3cncc4c3cnn4CC(=O)O)cc21. The Kier molecular flexibility index (Phi) is 3.05. The third-order valence-electron chi connectivity index (χ3n) is 3.98. The number of hydrogen-bond donors (Lipinski definition) is 1. The number of hydrogen-bond acceptors (Lipinski definition) is 4. The Labute approximate surface area is 135 Å². The minimum atomic E-state index is -1.01. The van der Waals surface area contributed by atoms with Crippen LogP contribution in [0.3, 0.4) is 0 Å². The number of fused-ring (bicyclic) bond motifs is 2. The topological polar surface area (TPSA) is 85.8 Å². The van der Waals surface area contributed by atoms with Gasteiger partial charge in [0.05, 0.1) is 29.6 Å². The summed E-state index contributed by atoms with van der Waals surface area (Å²) in [6.07, 6.45) is 6.21. The van der Waals surface area contributed by atoms with E-state index in [2.05, 4.69) is 15.2 Å². The molecule has 0 aliphatic rings. The van der Waals surface area contributed by atoms with Crippen LogP contribution < -0.4 is 0 Å². The first-order valence-electron chi connectivity index (χ1n) is 7.17. The third kappa shape index (κ3) is 2.11. The number of pyridine rings is 1. The lowest BCUT2D eigenvalue weighted by molar-refractivity contribution is -0.137. The predicted molar refractivity (Wildman–Crippen MR) is 84.8 cm³/mol. The van der Waals surface area contributed by atoms with Gasteiger partial charge in [-0.15, -0.1) is 0 Å². The van der Waals surface area contributed by atoms with E-state index in [-0.39, 0.29) is 6.54 Å². The molecule has 0 aliphatic carbocycles. The van der Waals surface area contributed by atoms with Crippen molar-refractivity contribution < 1.29 is 14.3 Å². The molecule has 7 nitrogen and oxygen atoms in total. The first-order chi connectivity index (χ1) is 11.5. The smallest absolute Gasteiger partial charge is 0.325 e. The van der Waals surface area contributed by atoms with Crippen molar-refractivity contribution in [3.8, 4) is 11.1 Å². The van der Waals surface area contributed by atoms with E-state index in [9.17, 15) is 9.18 Å². The molecular formula is C16H12FN5O2. The summed E-state index contributed by atoms with van der Waals surface area (Å²) in [5, 5.41) is 18.5. The van der Waals surface area contributed by atoms with E-state index in [4.69, 9.17) is 5.11 Å². The Bertz CT molecular complexity index is 1100. The molecule has 0 bridgehead atoms. The van der Waals surface area contributed by atoms with Crippen molar-refractivity contribution in [3.63, 3.8) is 0 Å². The molecule has 24 heavy (non-hydrogen) atoms. The van der Waals surface area contributed by atoms with Crippen molar-refractivity contribution in [2.24, 2.45) is 7.05 Å². The fourth-order valence-corrected chi connectivity index (χ4v) is 2.84. The van der Waals surface area contributed by atoms with Crippen LogP contribution in [0.2, 0.25) is 0 Å². The van der Waals surface area contributed by atoms with Gasteiger partial charge in [-0.3, -0.25) is 19.1 Å². The van der Waals surface area contributed by atoms with E-state index in [0.29, 0.717) is 27.4 Å². The monoisotopic (exact) mass is 325 g/mol. The summed E-state index contributed by atoms with van der Waals surface area (Å²) in [5.74, 6) is -1.40. The third-order valence-corrected chi connectivity index (χ3v) is 3.98. The molecule has 0 spiro atoms. The minimum absolute atomic E-state index is 0.280. The number of aromatic nitrogens is 5. The highest BCUT2D eigenvalue weighted by Crippen LogP contribution is 2.32. The molecule has 0 unspecified atom stereocenters. The summed E-state index contributed by atoms with van der Waals surface area (Å²) < 4.78 is 17.6. The fraction of sp³-hybridized carbons (Fsp3) is 0.125. The number of rotatable bonds is 3. The quantitative estimate of drug-likeness (QED) is 0.624. The van der Waals surface area contributed by atoms with Crippen LogP contribution in [0.15, 0.2) is 36.9 Å². The Balaban J connectivity index is 1.96. The maximum atomic E-state index is 14.6. The van der Waals surface area contributed by atoms with Gasteiger partial charge in [-0.05, 0) is 12.1 Å². The van der Waals surface area contributed by atoms with Crippen LogP contribution in [0, 0.1) is 5.82 Å². The highest BCUT2D eigenvalue weighted by atomic mass is 19.1. The van der Waals surface area contributed by atoms with Gasteiger partial charge in [0.1, 0.15) is 12.4 Å². The first-order valence-corrected chi connectivity index (χ1v) is 7.17. The standard InChI is InChI=1S/C16H12FN5O2/c1-21-14-3-10(13(17)2-9(14)4-19-21)11-5-18-7-15-12(11)6-20-22(15)8-16(23)24/h2-7H,8H2,1H3,(H,23,24). The molecule has 0 fully saturated rings. The summed E-state index contributed by atoms with van der Waals surface area (Å²) in [6.45, 7) is -0.280. The van der Waals surface area contributed by atoms with E-state index < -0.39 is 11.8 Å². The lowest BCUT2D eigenvalue weighted by Gasteiger charge is -2.06. The van der Waals surface area contributed by atoms with Gasteiger partial charge in [-0.1, -0.05) is 0 Å². The zero-order valence-corrected chi connectivity index (χ0v) is 12.6. The number of benzene rings is 1. The summed E-state index contributed by atoms with van der Waals surface area (Å²) >= 11 is 0. The van der Waals surface area contributed by atoms with E-state index in [1.165, 1.54) is 23.1 Å². The van der Waals surface area contributed by atoms with Gasteiger partial charge in [-0.2, -0.15) is 10.2 Å². The van der Waals surface area contributed by atoms with Gasteiger partial charge in [0.2, 0.25) is 0 Å². The van der Waals surface area contributed by atoms with Crippen LogP contribution in [0.1, 0.15) is 0 Å². The molecule has 4 rings (SSSR count). The van der Waals surface area contributed by atoms with E-state index >= 15 is 0 Å². The fourth-order valence-electron chi connectivity index (χ4n) is 2.84. The lowest BCUT2D eigenvalue weighted by Crippen LogP contribution is -2.09. The molecule has 120 valence electrons. The summed E-state index contributed by atoms with van der Waals surface area (Å²) in [5.41, 5.74) is 2.27. The van der Waals surface area contributed by atoms with Crippen LogP contribution in [0.5, 0.6) is 0 Å². The number of carbonyl (C=O) groups is 1. The second-order valence-corrected chi connectivity index (χ2v) is 5.47. The second-order valence-electron chi connectivity index (χ2n) is 5.47. The zero-order valence-electron chi connectivity index (χ0n) is 12.6. The van der Waals surface area contributed by atoms with Crippen molar-refractivity contribution in [1.82, 2.24) is 24.5 Å². The highest BCUT2D eigenvalue weighted by Gasteiger charge is 2.15. The van der Waals surface area contributed by atoms with E-state index in [1.54, 1.807) is 30.2 Å². The lowest BCUT2D eigenvalue weighted by atomic mass is 10.0. The van der Waals surface area contributed by atoms with Gasteiger partial charge in [-0.25, -0.2) is 4.39 Å². The van der Waals surface area contributed by atoms with Crippen LogP contribution in [0.25, 0.3) is 32.9 Å². The highest BCUT2D eigenvalue weighted by molar-refractivity contribution is 5.96. The van der Waals surface area contributed by atoms with Crippen LogP contribution >= 0.6 is 0 Å². The first kappa shape index (κ1) is 14.3. The largest absolute Gasteiger partial charge is 0.480 e. The molecule has 0 aliphatic heterocycles. The Morgan fingerprint density at radius 2 is 1.96 bits per heavy atom. The van der Waals surface area contributed by atoms with Gasteiger partial charge in [0.25, 0.3) is 0 Å². The Morgan fingerprint density at radius 1 is 1.12 bits per heavy atom. The second kappa shape index (κ2) is 5.12. The molecule has 0 amide bonds. The number of aliphatic carboxylic acids is 1. The maximum Gasteiger partial charge on any atom is 0.325 e. The number of nitrogens with zero attached hydrogens (tertiary/aromatic N) is 5. The summed E-state index contributed by atoms with van der Waals surface area (Å²) in [7, 11) is 1.79. The molecule has 0 saturated heterocycles. The Hall–Kier alpha value is -3.29. The predicted octanol–water partition coefficient (Wildman–Crippen LogP) is 2.21. The molecule has 4 aromatic rings. The number of halogens is 1. The van der Waals surface area contributed by atoms with E-state index in [0.717, 1.165) is 5.52 Å². The molecule has 3 aromatic heterocycles. The molecule has 0 radical (unpaired) electrons. The average Bonchev–Trinajstić information content (AvgIpc) is 3.10. The van der Waals surface area contributed by atoms with Gasteiger partial charge < -0.3 is 5.11 Å². The molecular weight excluding hydrogens is 313 g/mol. The average molecular weight is 325 g/mol. The molecule has 1 aromatic carbocycles. The van der Waals surface area contributed by atoms with Gasteiger partial charge >= 0.3 is 5.97 Å². The normalized spacial score (nSPS) is 11.4. The zero-order chi connectivity index (χ0) is 16.8. The van der Waals surface area contributed by atoms with Gasteiger partial charge in [0, 0.05) is 35.1 Å². The van der Waals surface area contributed by atoms with Crippen molar-refractivity contribution in [2.75, 3.05) is 0 Å². The van der Waals surface area contributed by atoms with Gasteiger partial charge in [0.15, 0.2) is 0 Å². The minimum Gasteiger partial charge on any atom is -0.480 e. The molecule has 1 N–H and O–H groups in total. The van der Waals surface area contributed by atoms with Crippen molar-refractivity contribution in [2.45, 2.75) is 6.54 Å². The van der Waals surface area contributed by atoms with Crippen molar-refractivity contribution in [1.29, 1.82) is 0 Å². The van der Waals surface area contributed by atoms with E-state index in [1.807, 2.05) is 0 Å². The summed E-state index contributed by atoms with van der Waals surface area (Å²) in [6, 6.07) is 3.14. The molecule has 8 heteroatoms. The molecule has 3 heterocycles. The molecule has 0 saturated carbocycles. The summed E-state index contributed by atoms with van der Waals surface area (Å²) in [4.78, 5) is 15.0. The maximum absolute atomic E-state index is 14.6. The van der Waals surface area contributed by atoms with Crippen LogP contribution in [-0.2, 0) is 18.4 Å². The number of carboxylic acid groups (broad SMARTS) is 1. The number of aryl methyl sites for hydroxylation is 1. The van der Waals surface area contributed by atoms with Crippen LogP contribution in [-0.4, -0.2) is 35.6 Å². The van der Waals surface area contributed by atoms with Crippen molar-refractivity contribution in [3.05, 3.63) is 42.7 Å². The number of carboxylic acids is 1. The molecule has 0 atom stereocenters. The van der Waals surface area contributed by atoms with Crippen LogP contribution in [0.4, 0.5) is 4.39 Å².